The number of aliphatic hydroxyl groups excluding tert-OH is 1. The molecule has 0 amide bonds. The second-order valence-corrected chi connectivity index (χ2v) is 5.81. The predicted molar refractivity (Wildman–Crippen MR) is 87.3 cm³/mol. The van der Waals surface area contributed by atoms with Gasteiger partial charge in [-0.15, -0.1) is 0 Å². The number of carboxylic acids is 1. The van der Waals surface area contributed by atoms with Gasteiger partial charge in [-0.25, -0.2) is 18.3 Å². The van der Waals surface area contributed by atoms with E-state index in [4.69, 9.17) is 5.11 Å². The van der Waals surface area contributed by atoms with Crippen LogP contribution in [0.3, 0.4) is 0 Å². The first-order chi connectivity index (χ1) is 12.3. The Bertz CT molecular complexity index is 1110. The molecule has 0 spiro atoms. The molecule has 2 heterocycles. The van der Waals surface area contributed by atoms with Gasteiger partial charge < -0.3 is 10.2 Å². The first kappa shape index (κ1) is 17.5. The molecule has 3 aromatic rings. The predicted octanol–water partition coefficient (Wildman–Crippen LogP) is 1.53. The molecule has 0 unspecified atom stereocenters. The van der Waals surface area contributed by atoms with Crippen LogP contribution in [0.4, 0.5) is 8.78 Å². The van der Waals surface area contributed by atoms with Gasteiger partial charge in [-0.1, -0.05) is 6.92 Å². The third kappa shape index (κ3) is 3.10. The van der Waals surface area contributed by atoms with Gasteiger partial charge in [0, 0.05) is 24.1 Å². The van der Waals surface area contributed by atoms with Crippen LogP contribution in [0.25, 0.3) is 22.7 Å². The van der Waals surface area contributed by atoms with Crippen LogP contribution < -0.4 is 10.6 Å². The monoisotopic (exact) mass is 361 g/mol. The van der Waals surface area contributed by atoms with Crippen molar-refractivity contribution in [1.82, 2.24) is 14.6 Å². The Labute approximate surface area is 144 Å². The summed E-state index contributed by atoms with van der Waals surface area (Å²) >= 11 is 0. The maximum absolute atomic E-state index is 13.5. The number of aromatic nitrogens is 3. The molecule has 26 heavy (non-hydrogen) atoms. The van der Waals surface area contributed by atoms with Gasteiger partial charge >= 0.3 is 5.97 Å². The van der Waals surface area contributed by atoms with E-state index in [0.717, 1.165) is 29.0 Å². The van der Waals surface area contributed by atoms with Gasteiger partial charge in [-0.05, 0) is 12.1 Å². The molecule has 7 nitrogen and oxygen atoms in total. The number of fused-ring (bicyclic) bond motifs is 1. The molecule has 0 bridgehead atoms. The third-order valence-corrected chi connectivity index (χ3v) is 3.88. The van der Waals surface area contributed by atoms with E-state index in [2.05, 4.69) is 10.1 Å². The molecule has 0 fully saturated rings. The van der Waals surface area contributed by atoms with Crippen molar-refractivity contribution in [2.24, 2.45) is 5.92 Å². The molecular formula is C17H13F2N3O4. The van der Waals surface area contributed by atoms with Crippen molar-refractivity contribution >= 4 is 17.4 Å². The topological polar surface area (TPSA) is 105 Å². The molecule has 0 saturated carbocycles. The summed E-state index contributed by atoms with van der Waals surface area (Å²) in [5.41, 5.74) is -0.545. The Morgan fingerprint density at radius 1 is 1.19 bits per heavy atom. The lowest BCUT2D eigenvalue weighted by Gasteiger charge is -2.08. The summed E-state index contributed by atoms with van der Waals surface area (Å²) in [4.78, 5) is 27.4. The smallest absolute Gasteiger partial charge is 0.306 e. The van der Waals surface area contributed by atoms with Crippen LogP contribution in [0, 0.1) is 17.6 Å². The van der Waals surface area contributed by atoms with Gasteiger partial charge in [0.1, 0.15) is 28.9 Å². The summed E-state index contributed by atoms with van der Waals surface area (Å²) in [6.07, 6.45) is 0.840. The van der Waals surface area contributed by atoms with Crippen LogP contribution in [0.2, 0.25) is 0 Å². The summed E-state index contributed by atoms with van der Waals surface area (Å²) in [5.74, 6) is -4.15. The number of hydrogen-bond acceptors (Lipinski definition) is 5. The van der Waals surface area contributed by atoms with E-state index in [1.54, 1.807) is 0 Å². The average molecular weight is 361 g/mol. The van der Waals surface area contributed by atoms with E-state index < -0.39 is 34.7 Å². The lowest BCUT2D eigenvalue weighted by molar-refractivity contribution is -0.141. The van der Waals surface area contributed by atoms with Crippen LogP contribution in [0.15, 0.2) is 35.4 Å². The zero-order chi connectivity index (χ0) is 19.0. The number of carboxylic acid groups (broad SMARTS) is 1. The van der Waals surface area contributed by atoms with Crippen molar-refractivity contribution < 1.29 is 23.8 Å². The zero-order valence-electron chi connectivity index (χ0n) is 13.5. The van der Waals surface area contributed by atoms with Crippen LogP contribution in [0.1, 0.15) is 13.3 Å². The summed E-state index contributed by atoms with van der Waals surface area (Å²) in [7, 11) is 0. The highest BCUT2D eigenvalue weighted by molar-refractivity contribution is 5.71. The number of rotatable bonds is 4. The fraction of sp³-hybridized carbons (Fsp3) is 0.176. The fourth-order valence-corrected chi connectivity index (χ4v) is 2.61. The number of benzene rings is 1. The minimum absolute atomic E-state index is 0.0349. The Morgan fingerprint density at radius 3 is 2.46 bits per heavy atom. The van der Waals surface area contributed by atoms with Crippen molar-refractivity contribution in [3.05, 3.63) is 57.7 Å². The van der Waals surface area contributed by atoms with Crippen molar-refractivity contribution in [3.63, 3.8) is 0 Å². The quantitative estimate of drug-likeness (QED) is 0.730. The maximum atomic E-state index is 13.5. The maximum Gasteiger partial charge on any atom is 0.306 e. The number of hydrogen-bond donors (Lipinski definition) is 2. The van der Waals surface area contributed by atoms with Gasteiger partial charge in [0.25, 0.3) is 0 Å². The first-order valence-electron chi connectivity index (χ1n) is 7.56. The molecular weight excluding hydrogens is 348 g/mol. The summed E-state index contributed by atoms with van der Waals surface area (Å²) in [5, 5.41) is 22.9. The lowest BCUT2D eigenvalue weighted by atomic mass is 10.1. The van der Waals surface area contributed by atoms with Gasteiger partial charge in [0.05, 0.1) is 11.6 Å². The number of pyridine rings is 1. The van der Waals surface area contributed by atoms with E-state index >= 15 is 0 Å². The van der Waals surface area contributed by atoms with E-state index in [-0.39, 0.29) is 28.5 Å². The molecule has 2 N–H and O–H groups in total. The standard InChI is InChI=1S/C17H13F2N3O4/c1-8(17(25)26)2-13(23)15-14(24)6-12(22-16(15)20-7-21-22)9-3-10(18)5-11(19)4-9/h3-8,23H,2H2,1H3,(H,25,26)/b15-13-/t8-/m1/s1. The van der Waals surface area contributed by atoms with E-state index in [0.29, 0.717) is 6.07 Å². The summed E-state index contributed by atoms with van der Waals surface area (Å²) in [6, 6.07) is 3.83. The van der Waals surface area contributed by atoms with Gasteiger partial charge in [0.15, 0.2) is 11.1 Å². The number of nitrogens with zero attached hydrogens (tertiary/aromatic N) is 3. The Kier molecular flexibility index (Phi) is 4.37. The minimum atomic E-state index is -1.13. The Hall–Kier alpha value is -3.36. The molecule has 9 heteroatoms. The van der Waals surface area contributed by atoms with Crippen molar-refractivity contribution in [1.29, 1.82) is 0 Å². The Balaban J connectivity index is 2.28. The normalized spacial score (nSPS) is 13.7. The average Bonchev–Trinajstić information content (AvgIpc) is 3.01. The highest BCUT2D eigenvalue weighted by Crippen LogP contribution is 2.20. The zero-order valence-corrected chi connectivity index (χ0v) is 13.5. The van der Waals surface area contributed by atoms with Crippen molar-refractivity contribution in [2.45, 2.75) is 13.3 Å². The molecule has 3 rings (SSSR count). The molecule has 0 saturated heterocycles. The van der Waals surface area contributed by atoms with E-state index in [1.165, 1.54) is 6.92 Å². The molecule has 2 aromatic heterocycles. The third-order valence-electron chi connectivity index (χ3n) is 3.88. The number of halogens is 2. The van der Waals surface area contributed by atoms with Crippen LogP contribution in [-0.2, 0) is 4.79 Å². The van der Waals surface area contributed by atoms with E-state index in [9.17, 15) is 23.5 Å². The van der Waals surface area contributed by atoms with Crippen LogP contribution in [0.5, 0.6) is 0 Å². The van der Waals surface area contributed by atoms with Crippen molar-refractivity contribution in [3.8, 4) is 11.3 Å². The number of aliphatic hydroxyl groups is 1. The highest BCUT2D eigenvalue weighted by atomic mass is 19.1. The van der Waals surface area contributed by atoms with Crippen LogP contribution >= 0.6 is 0 Å². The molecule has 134 valence electrons. The van der Waals surface area contributed by atoms with Gasteiger partial charge in [-0.3, -0.25) is 9.59 Å². The van der Waals surface area contributed by atoms with Crippen molar-refractivity contribution in [2.75, 3.05) is 0 Å². The summed E-state index contributed by atoms with van der Waals surface area (Å²) < 4.78 is 28.2. The molecule has 1 aromatic carbocycles. The van der Waals surface area contributed by atoms with Gasteiger partial charge in [-0.2, -0.15) is 5.10 Å². The molecule has 0 aliphatic rings. The molecule has 1 atom stereocenters. The molecule has 0 aliphatic heterocycles. The Morgan fingerprint density at radius 2 is 1.85 bits per heavy atom. The number of carbonyl (C=O) groups is 1. The SMILES string of the molecule is C[C@H](C/C(O)=c1\c(=O)cc(-c2cc(F)cc(F)c2)n2ncnc12)C(=O)O. The second kappa shape index (κ2) is 6.51. The molecule has 0 radical (unpaired) electrons. The van der Waals surface area contributed by atoms with Crippen LogP contribution in [-0.4, -0.2) is 30.8 Å². The fourth-order valence-electron chi connectivity index (χ4n) is 2.61. The van der Waals surface area contributed by atoms with Gasteiger partial charge in [0.2, 0.25) is 0 Å². The highest BCUT2D eigenvalue weighted by Gasteiger charge is 2.18. The minimum Gasteiger partial charge on any atom is -0.511 e. The van der Waals surface area contributed by atoms with E-state index in [1.807, 2.05) is 0 Å². The number of aliphatic carboxylic acids is 1. The largest absolute Gasteiger partial charge is 0.511 e. The molecule has 0 aliphatic carbocycles. The summed E-state index contributed by atoms with van der Waals surface area (Å²) in [6.45, 7) is 1.38. The first-order valence-corrected chi connectivity index (χ1v) is 7.56. The second-order valence-electron chi connectivity index (χ2n) is 5.81. The lowest BCUT2D eigenvalue weighted by Crippen LogP contribution is -2.31.